The molecular formula is C26H25N3O2S. The third-order valence-corrected chi connectivity index (χ3v) is 6.52. The molecule has 0 N–H and O–H groups in total. The Bertz CT molecular complexity index is 1200. The molecule has 32 heavy (non-hydrogen) atoms. The summed E-state index contributed by atoms with van der Waals surface area (Å²) in [5, 5.41) is 4.55. The lowest BCUT2D eigenvalue weighted by Gasteiger charge is -2.35. The molecule has 0 spiro atoms. The van der Waals surface area contributed by atoms with E-state index < -0.39 is 0 Å². The quantitative estimate of drug-likeness (QED) is 0.428. The number of ether oxygens (including phenoxy) is 1. The molecule has 0 saturated carbocycles. The highest BCUT2D eigenvalue weighted by atomic mass is 32.1. The van der Waals surface area contributed by atoms with Crippen molar-refractivity contribution in [2.24, 2.45) is 0 Å². The summed E-state index contributed by atoms with van der Waals surface area (Å²) in [6, 6.07) is 22.5. The van der Waals surface area contributed by atoms with E-state index >= 15 is 0 Å². The highest BCUT2D eigenvalue weighted by Gasteiger charge is 2.22. The fourth-order valence-corrected chi connectivity index (χ4v) is 4.69. The van der Waals surface area contributed by atoms with Crippen LogP contribution in [0, 0.1) is 0 Å². The number of fused-ring (bicyclic) bond motifs is 1. The largest absolute Gasteiger partial charge is 0.487 e. The molecule has 2 heterocycles. The first-order valence-corrected chi connectivity index (χ1v) is 11.8. The molecule has 162 valence electrons. The zero-order valence-corrected chi connectivity index (χ0v) is 18.6. The Balaban J connectivity index is 1.19. The Morgan fingerprint density at radius 3 is 2.62 bits per heavy atom. The van der Waals surface area contributed by atoms with Crippen molar-refractivity contribution in [1.29, 1.82) is 0 Å². The van der Waals surface area contributed by atoms with Gasteiger partial charge in [-0.25, -0.2) is 4.98 Å². The first-order valence-electron chi connectivity index (χ1n) is 10.8. The molecule has 4 aromatic rings. The summed E-state index contributed by atoms with van der Waals surface area (Å²) >= 11 is 1.55. The van der Waals surface area contributed by atoms with Gasteiger partial charge in [0.05, 0.1) is 11.2 Å². The van der Waals surface area contributed by atoms with Gasteiger partial charge in [0.25, 0.3) is 5.91 Å². The van der Waals surface area contributed by atoms with Crippen molar-refractivity contribution in [3.05, 3.63) is 94.4 Å². The molecule has 1 fully saturated rings. The number of thiazole rings is 1. The Labute approximate surface area is 191 Å². The molecule has 0 radical (unpaired) electrons. The van der Waals surface area contributed by atoms with Gasteiger partial charge in [0, 0.05) is 43.7 Å². The van der Waals surface area contributed by atoms with Gasteiger partial charge in [0.15, 0.2) is 0 Å². The van der Waals surface area contributed by atoms with Crippen LogP contribution in [-0.4, -0.2) is 46.9 Å². The van der Waals surface area contributed by atoms with E-state index in [-0.39, 0.29) is 5.91 Å². The summed E-state index contributed by atoms with van der Waals surface area (Å²) in [6.45, 7) is 4.52. The van der Waals surface area contributed by atoms with Crippen molar-refractivity contribution in [2.45, 2.75) is 13.2 Å². The monoisotopic (exact) mass is 443 g/mol. The van der Waals surface area contributed by atoms with Crippen LogP contribution in [0.3, 0.4) is 0 Å². The lowest BCUT2D eigenvalue weighted by molar-refractivity contribution is 0.0628. The molecule has 1 amide bonds. The second-order valence-electron chi connectivity index (χ2n) is 8.00. The third kappa shape index (κ3) is 4.66. The number of aromatic nitrogens is 1. The topological polar surface area (TPSA) is 45.7 Å². The SMILES string of the molecule is O=C(c1cccc(OCc2cscn2)c1)N1CCN(Cc2cccc3ccccc23)CC1. The number of nitrogens with zero attached hydrogens (tertiary/aromatic N) is 3. The van der Waals surface area contributed by atoms with Crippen LogP contribution in [0.2, 0.25) is 0 Å². The van der Waals surface area contributed by atoms with Gasteiger partial charge in [-0.1, -0.05) is 48.5 Å². The third-order valence-electron chi connectivity index (χ3n) is 5.88. The Hall–Kier alpha value is -3.22. The minimum atomic E-state index is 0.0638. The van der Waals surface area contributed by atoms with Crippen molar-refractivity contribution in [1.82, 2.24) is 14.8 Å². The van der Waals surface area contributed by atoms with Gasteiger partial charge in [0.2, 0.25) is 0 Å². The van der Waals surface area contributed by atoms with E-state index in [0.29, 0.717) is 17.9 Å². The highest BCUT2D eigenvalue weighted by molar-refractivity contribution is 7.07. The van der Waals surface area contributed by atoms with Crippen molar-refractivity contribution >= 4 is 28.0 Å². The summed E-state index contributed by atoms with van der Waals surface area (Å²) in [6.07, 6.45) is 0. The van der Waals surface area contributed by atoms with Gasteiger partial charge in [-0.05, 0) is 34.5 Å². The standard InChI is InChI=1S/C26H25N3O2S/c30-26(21-7-4-9-24(15-21)31-17-23-18-32-19-27-23)29-13-11-28(12-14-29)16-22-8-3-6-20-5-1-2-10-25(20)22/h1-10,15,18-19H,11-14,16-17H2. The molecule has 1 aliphatic rings. The number of carbonyl (C=O) groups is 1. The molecule has 1 aliphatic heterocycles. The molecule has 5 nitrogen and oxygen atoms in total. The molecule has 0 atom stereocenters. The number of rotatable bonds is 6. The van der Waals surface area contributed by atoms with Crippen LogP contribution >= 0.6 is 11.3 Å². The predicted molar refractivity (Wildman–Crippen MR) is 128 cm³/mol. The van der Waals surface area contributed by atoms with E-state index in [1.54, 1.807) is 16.8 Å². The number of carbonyl (C=O) groups excluding carboxylic acids is 1. The first kappa shape index (κ1) is 20.7. The number of benzene rings is 3. The van der Waals surface area contributed by atoms with Crippen LogP contribution in [0.1, 0.15) is 21.6 Å². The second kappa shape index (κ2) is 9.51. The molecule has 3 aromatic carbocycles. The fourth-order valence-electron chi connectivity index (χ4n) is 4.15. The van der Waals surface area contributed by atoms with Gasteiger partial charge >= 0.3 is 0 Å². The van der Waals surface area contributed by atoms with Crippen LogP contribution < -0.4 is 4.74 Å². The normalized spacial score (nSPS) is 14.6. The Morgan fingerprint density at radius 2 is 1.78 bits per heavy atom. The van der Waals surface area contributed by atoms with Crippen molar-refractivity contribution in [2.75, 3.05) is 26.2 Å². The number of hydrogen-bond donors (Lipinski definition) is 0. The average molecular weight is 444 g/mol. The summed E-state index contributed by atoms with van der Waals surface area (Å²) in [5.74, 6) is 0.757. The van der Waals surface area contributed by atoms with Crippen LogP contribution in [0.25, 0.3) is 10.8 Å². The van der Waals surface area contributed by atoms with Crippen LogP contribution in [0.5, 0.6) is 5.75 Å². The van der Waals surface area contributed by atoms with E-state index in [2.05, 4.69) is 52.3 Å². The van der Waals surface area contributed by atoms with Gasteiger partial charge in [-0.2, -0.15) is 0 Å². The summed E-state index contributed by atoms with van der Waals surface area (Å²) in [5.41, 5.74) is 4.70. The molecular weight excluding hydrogens is 418 g/mol. The number of piperazine rings is 1. The minimum absolute atomic E-state index is 0.0638. The Morgan fingerprint density at radius 1 is 0.969 bits per heavy atom. The van der Waals surface area contributed by atoms with Gasteiger partial charge < -0.3 is 9.64 Å². The summed E-state index contributed by atoms with van der Waals surface area (Å²) < 4.78 is 5.81. The van der Waals surface area contributed by atoms with E-state index in [1.165, 1.54) is 16.3 Å². The van der Waals surface area contributed by atoms with E-state index in [1.807, 2.05) is 34.5 Å². The lowest BCUT2D eigenvalue weighted by Crippen LogP contribution is -2.48. The fraction of sp³-hybridized carbons (Fsp3) is 0.231. The molecule has 5 rings (SSSR count). The lowest BCUT2D eigenvalue weighted by atomic mass is 10.0. The minimum Gasteiger partial charge on any atom is -0.487 e. The number of hydrogen-bond acceptors (Lipinski definition) is 5. The zero-order valence-electron chi connectivity index (χ0n) is 17.8. The smallest absolute Gasteiger partial charge is 0.254 e. The van der Waals surface area contributed by atoms with Crippen molar-refractivity contribution in [3.8, 4) is 5.75 Å². The summed E-state index contributed by atoms with van der Waals surface area (Å²) in [7, 11) is 0. The van der Waals surface area contributed by atoms with Gasteiger partial charge in [-0.3, -0.25) is 9.69 Å². The maximum atomic E-state index is 13.1. The van der Waals surface area contributed by atoms with Crippen LogP contribution in [0.4, 0.5) is 0 Å². The van der Waals surface area contributed by atoms with Crippen LogP contribution in [-0.2, 0) is 13.2 Å². The van der Waals surface area contributed by atoms with Crippen LogP contribution in [0.15, 0.2) is 77.6 Å². The Kier molecular flexibility index (Phi) is 6.14. The number of amides is 1. The molecule has 6 heteroatoms. The second-order valence-corrected chi connectivity index (χ2v) is 8.72. The molecule has 0 unspecified atom stereocenters. The first-order chi connectivity index (χ1) is 15.8. The van der Waals surface area contributed by atoms with E-state index in [0.717, 1.165) is 38.4 Å². The van der Waals surface area contributed by atoms with E-state index in [4.69, 9.17) is 4.74 Å². The predicted octanol–water partition coefficient (Wildman–Crippen LogP) is 4.83. The van der Waals surface area contributed by atoms with Crippen molar-refractivity contribution < 1.29 is 9.53 Å². The maximum absolute atomic E-state index is 13.1. The molecule has 1 aromatic heterocycles. The van der Waals surface area contributed by atoms with E-state index in [9.17, 15) is 4.79 Å². The van der Waals surface area contributed by atoms with Gasteiger partial charge in [-0.15, -0.1) is 11.3 Å². The summed E-state index contributed by atoms with van der Waals surface area (Å²) in [4.78, 5) is 21.7. The molecule has 1 saturated heterocycles. The molecule has 0 bridgehead atoms. The van der Waals surface area contributed by atoms with Crippen molar-refractivity contribution in [3.63, 3.8) is 0 Å². The van der Waals surface area contributed by atoms with Gasteiger partial charge in [0.1, 0.15) is 12.4 Å². The maximum Gasteiger partial charge on any atom is 0.254 e. The highest BCUT2D eigenvalue weighted by Crippen LogP contribution is 2.21. The average Bonchev–Trinajstić information content (AvgIpc) is 3.37. The molecule has 0 aliphatic carbocycles. The zero-order chi connectivity index (χ0) is 21.8.